The van der Waals surface area contributed by atoms with Crippen LogP contribution in [0.25, 0.3) is 0 Å². The monoisotopic (exact) mass is 288 g/mol. The van der Waals surface area contributed by atoms with Crippen LogP contribution in [-0.4, -0.2) is 28.0 Å². The van der Waals surface area contributed by atoms with E-state index >= 15 is 0 Å². The molecule has 21 heavy (non-hydrogen) atoms. The summed E-state index contributed by atoms with van der Waals surface area (Å²) in [5, 5.41) is 30.7. The molecule has 0 unspecified atom stereocenters. The molecule has 0 atom stereocenters. The van der Waals surface area contributed by atoms with Crippen molar-refractivity contribution < 1.29 is 5.11 Å². The minimum atomic E-state index is -0.133. The molecule has 2 rings (SSSR count). The molecule has 1 aromatic rings. The van der Waals surface area contributed by atoms with Crippen LogP contribution in [0.3, 0.4) is 0 Å². The maximum atomic E-state index is 9.53. The summed E-state index contributed by atoms with van der Waals surface area (Å²) in [5.41, 5.74) is 2.57. The Hall–Kier alpha value is -1.67. The van der Waals surface area contributed by atoms with Gasteiger partial charge < -0.3 is 10.4 Å². The Morgan fingerprint density at radius 2 is 1.90 bits per heavy atom. The maximum absolute atomic E-state index is 9.53. The Balaban J connectivity index is 2.08. The Morgan fingerprint density at radius 3 is 2.48 bits per heavy atom. The number of anilines is 1. The molecule has 0 amide bonds. The summed E-state index contributed by atoms with van der Waals surface area (Å²) >= 11 is 0. The van der Waals surface area contributed by atoms with Crippen LogP contribution in [0.15, 0.2) is 0 Å². The molecule has 0 aromatic carbocycles. The van der Waals surface area contributed by atoms with Crippen molar-refractivity contribution in [2.45, 2.75) is 58.5 Å². The van der Waals surface area contributed by atoms with Crippen LogP contribution < -0.4 is 5.32 Å². The van der Waals surface area contributed by atoms with Crippen LogP contribution >= 0.6 is 0 Å². The number of aliphatic hydroxyl groups excluding tert-OH is 1. The zero-order valence-corrected chi connectivity index (χ0v) is 12.9. The molecular formula is C16H24N4O. The summed E-state index contributed by atoms with van der Waals surface area (Å²) in [5.74, 6) is 1.15. The lowest BCUT2D eigenvalue weighted by Crippen LogP contribution is -2.24. The lowest BCUT2D eigenvalue weighted by atomic mass is 9.87. The second-order valence-corrected chi connectivity index (χ2v) is 5.72. The third-order valence-corrected chi connectivity index (χ3v) is 4.33. The lowest BCUT2D eigenvalue weighted by Gasteiger charge is -2.25. The molecule has 2 N–H and O–H groups in total. The van der Waals surface area contributed by atoms with E-state index in [1.165, 1.54) is 0 Å². The minimum absolute atomic E-state index is 0.133. The summed E-state index contributed by atoms with van der Waals surface area (Å²) in [4.78, 5) is 0. The van der Waals surface area contributed by atoms with Gasteiger partial charge in [-0.2, -0.15) is 10.4 Å². The van der Waals surface area contributed by atoms with E-state index in [1.807, 2.05) is 13.8 Å². The van der Waals surface area contributed by atoms with Gasteiger partial charge in [0.15, 0.2) is 5.82 Å². The van der Waals surface area contributed by atoms with Gasteiger partial charge in [0, 0.05) is 6.54 Å². The summed E-state index contributed by atoms with van der Waals surface area (Å²) < 4.78 is 0. The smallest absolute Gasteiger partial charge is 0.166 e. The van der Waals surface area contributed by atoms with Crippen molar-refractivity contribution in [2.75, 3.05) is 11.9 Å². The van der Waals surface area contributed by atoms with Crippen LogP contribution in [0.2, 0.25) is 0 Å². The highest BCUT2D eigenvalue weighted by Gasteiger charge is 2.20. The van der Waals surface area contributed by atoms with Crippen LogP contribution in [0.1, 0.15) is 56.4 Å². The topological polar surface area (TPSA) is 81.8 Å². The number of nitriles is 1. The molecule has 1 fully saturated rings. The number of aryl methyl sites for hydroxylation is 1. The van der Waals surface area contributed by atoms with E-state index in [9.17, 15) is 10.4 Å². The average molecular weight is 288 g/mol. The second kappa shape index (κ2) is 7.37. The number of nitrogens with zero attached hydrogens (tertiary/aromatic N) is 3. The van der Waals surface area contributed by atoms with E-state index in [0.29, 0.717) is 17.3 Å². The quantitative estimate of drug-likeness (QED) is 0.869. The molecule has 114 valence electrons. The molecule has 0 bridgehead atoms. The predicted octanol–water partition coefficient (Wildman–Crippen LogP) is 2.44. The average Bonchev–Trinajstić information content (AvgIpc) is 2.53. The summed E-state index contributed by atoms with van der Waals surface area (Å²) in [6.45, 7) is 4.87. The molecule has 0 saturated heterocycles. The normalized spacial score (nSPS) is 21.8. The van der Waals surface area contributed by atoms with E-state index in [4.69, 9.17) is 0 Å². The van der Waals surface area contributed by atoms with Gasteiger partial charge in [-0.15, -0.1) is 5.10 Å². The Morgan fingerprint density at radius 1 is 1.19 bits per heavy atom. The Labute approximate surface area is 126 Å². The zero-order valence-electron chi connectivity index (χ0n) is 12.9. The molecule has 0 spiro atoms. The molecule has 0 aliphatic heterocycles. The Bertz CT molecular complexity index is 516. The first-order valence-electron chi connectivity index (χ1n) is 7.90. The second-order valence-electron chi connectivity index (χ2n) is 5.72. The molecule has 1 aliphatic rings. The highest BCUT2D eigenvalue weighted by Crippen LogP contribution is 2.25. The summed E-state index contributed by atoms with van der Waals surface area (Å²) in [6, 6.07) is 2.28. The van der Waals surface area contributed by atoms with Crippen molar-refractivity contribution in [1.82, 2.24) is 10.2 Å². The van der Waals surface area contributed by atoms with Gasteiger partial charge in [0.1, 0.15) is 11.6 Å². The number of aromatic nitrogens is 2. The van der Waals surface area contributed by atoms with Crippen molar-refractivity contribution in [3.8, 4) is 6.07 Å². The van der Waals surface area contributed by atoms with Crippen molar-refractivity contribution in [3.63, 3.8) is 0 Å². The van der Waals surface area contributed by atoms with Gasteiger partial charge in [0.05, 0.1) is 11.8 Å². The van der Waals surface area contributed by atoms with Crippen molar-refractivity contribution in [2.24, 2.45) is 5.92 Å². The molecule has 0 radical (unpaired) electrons. The fourth-order valence-electron chi connectivity index (χ4n) is 3.01. The van der Waals surface area contributed by atoms with Crippen LogP contribution in [0, 0.1) is 17.2 Å². The van der Waals surface area contributed by atoms with Gasteiger partial charge in [0.2, 0.25) is 0 Å². The standard InChI is InChI=1S/C16H24N4O/c1-3-13-14(9-17)16(20-19-15(13)4-2)18-10-11-5-7-12(21)8-6-11/h11-12,21H,3-8,10H2,1-2H3,(H,18,20). The highest BCUT2D eigenvalue weighted by molar-refractivity contribution is 5.56. The van der Waals surface area contributed by atoms with Gasteiger partial charge in [-0.3, -0.25) is 0 Å². The molecule has 5 heteroatoms. The van der Waals surface area contributed by atoms with E-state index < -0.39 is 0 Å². The SMILES string of the molecule is CCc1nnc(NCC2CCC(O)CC2)c(C#N)c1CC. The fourth-order valence-corrected chi connectivity index (χ4v) is 3.01. The van der Waals surface area contributed by atoms with Crippen LogP contribution in [0.5, 0.6) is 0 Å². The third-order valence-electron chi connectivity index (χ3n) is 4.33. The molecule has 5 nitrogen and oxygen atoms in total. The maximum Gasteiger partial charge on any atom is 0.166 e. The van der Waals surface area contributed by atoms with E-state index in [2.05, 4.69) is 21.6 Å². The van der Waals surface area contributed by atoms with Crippen LogP contribution in [0.4, 0.5) is 5.82 Å². The third kappa shape index (κ3) is 3.70. The van der Waals surface area contributed by atoms with Gasteiger partial charge in [-0.25, -0.2) is 0 Å². The summed E-state index contributed by atoms with van der Waals surface area (Å²) in [6.07, 6.45) is 5.26. The van der Waals surface area contributed by atoms with Crippen LogP contribution in [-0.2, 0) is 12.8 Å². The first-order chi connectivity index (χ1) is 10.2. The first kappa shape index (κ1) is 15.7. The van der Waals surface area contributed by atoms with Gasteiger partial charge in [-0.1, -0.05) is 13.8 Å². The van der Waals surface area contributed by atoms with Gasteiger partial charge in [-0.05, 0) is 50.0 Å². The number of hydrogen-bond acceptors (Lipinski definition) is 5. The van der Waals surface area contributed by atoms with Crippen molar-refractivity contribution >= 4 is 5.82 Å². The highest BCUT2D eigenvalue weighted by atomic mass is 16.3. The summed E-state index contributed by atoms with van der Waals surface area (Å²) in [7, 11) is 0. The minimum Gasteiger partial charge on any atom is -0.393 e. The number of hydrogen-bond donors (Lipinski definition) is 2. The van der Waals surface area contributed by atoms with E-state index in [-0.39, 0.29) is 6.10 Å². The Kier molecular flexibility index (Phi) is 5.51. The molecule has 1 saturated carbocycles. The molecule has 1 heterocycles. The van der Waals surface area contributed by atoms with Crippen molar-refractivity contribution in [3.05, 3.63) is 16.8 Å². The largest absolute Gasteiger partial charge is 0.393 e. The number of rotatable bonds is 5. The first-order valence-corrected chi connectivity index (χ1v) is 7.90. The van der Waals surface area contributed by atoms with Gasteiger partial charge >= 0.3 is 0 Å². The lowest BCUT2D eigenvalue weighted by molar-refractivity contribution is 0.111. The molecular weight excluding hydrogens is 264 g/mol. The van der Waals surface area contributed by atoms with Crippen molar-refractivity contribution in [1.29, 1.82) is 5.26 Å². The van der Waals surface area contributed by atoms with E-state index in [1.54, 1.807) is 0 Å². The number of aliphatic hydroxyl groups is 1. The fraction of sp³-hybridized carbons (Fsp3) is 0.688. The predicted molar refractivity (Wildman–Crippen MR) is 82.0 cm³/mol. The number of nitrogens with one attached hydrogen (secondary N) is 1. The zero-order chi connectivity index (χ0) is 15.2. The van der Waals surface area contributed by atoms with E-state index in [0.717, 1.165) is 56.3 Å². The molecule has 1 aliphatic carbocycles. The van der Waals surface area contributed by atoms with Gasteiger partial charge in [0.25, 0.3) is 0 Å². The molecule has 1 aromatic heterocycles.